The smallest absolute Gasteiger partial charge is 0.417 e. The fraction of sp³-hybridized carbons (Fsp3) is 0.238. The number of hydrogen-bond donors (Lipinski definition) is 1. The average Bonchev–Trinajstić information content (AvgIpc) is 3.15. The Morgan fingerprint density at radius 1 is 1.18 bits per heavy atom. The first-order chi connectivity index (χ1) is 15.4. The van der Waals surface area contributed by atoms with E-state index in [0.717, 1.165) is 6.07 Å². The molecule has 0 atom stereocenters. The number of nitrogens with two attached hydrogens (primary N) is 1. The minimum atomic E-state index is -4.58. The van der Waals surface area contributed by atoms with Gasteiger partial charge >= 0.3 is 6.18 Å². The van der Waals surface area contributed by atoms with Crippen molar-refractivity contribution in [3.8, 4) is 17.1 Å². The van der Waals surface area contributed by atoms with Gasteiger partial charge in [-0.05, 0) is 38.1 Å². The zero-order valence-corrected chi connectivity index (χ0v) is 18.5. The van der Waals surface area contributed by atoms with Gasteiger partial charge in [0, 0.05) is 17.6 Å². The molecule has 0 aliphatic rings. The van der Waals surface area contributed by atoms with Crippen molar-refractivity contribution in [3.05, 3.63) is 64.4 Å². The first kappa shape index (κ1) is 24.2. The van der Waals surface area contributed by atoms with Crippen LogP contribution in [0.2, 0.25) is 5.02 Å². The molecule has 2 amide bonds. The topological polar surface area (TPSA) is 103 Å². The Labute approximate surface area is 191 Å². The second-order valence-electron chi connectivity index (χ2n) is 7.52. The summed E-state index contributed by atoms with van der Waals surface area (Å²) in [6.07, 6.45) is -4.45. The van der Waals surface area contributed by atoms with E-state index in [1.165, 1.54) is 48.0 Å². The monoisotopic (exact) mass is 481 g/mol. The molecular formula is C21H19ClF3N5O3. The van der Waals surface area contributed by atoms with Gasteiger partial charge in [-0.2, -0.15) is 13.2 Å². The van der Waals surface area contributed by atoms with Gasteiger partial charge in [0.25, 0.3) is 5.91 Å². The first-order valence-corrected chi connectivity index (χ1v) is 9.83. The van der Waals surface area contributed by atoms with Crippen LogP contribution in [0.1, 0.15) is 35.6 Å². The van der Waals surface area contributed by atoms with E-state index in [1.807, 2.05) is 0 Å². The quantitative estimate of drug-likeness (QED) is 0.247. The van der Waals surface area contributed by atoms with Crippen LogP contribution in [0, 0.1) is 0 Å². The summed E-state index contributed by atoms with van der Waals surface area (Å²) in [4.78, 5) is 23.4. The van der Waals surface area contributed by atoms with Gasteiger partial charge in [-0.1, -0.05) is 29.8 Å². The number of halogens is 4. The predicted molar refractivity (Wildman–Crippen MR) is 113 cm³/mol. The van der Waals surface area contributed by atoms with Gasteiger partial charge < -0.3 is 9.30 Å². The summed E-state index contributed by atoms with van der Waals surface area (Å²) in [6.45, 7) is 3.19. The molecule has 0 radical (unpaired) electrons. The Bertz CT molecular complexity index is 1210. The highest BCUT2D eigenvalue weighted by Crippen LogP contribution is 2.37. The molecule has 0 aliphatic heterocycles. The fourth-order valence-corrected chi connectivity index (χ4v) is 3.45. The lowest BCUT2D eigenvalue weighted by Crippen LogP contribution is -2.37. The van der Waals surface area contributed by atoms with Crippen molar-refractivity contribution in [1.29, 1.82) is 0 Å². The van der Waals surface area contributed by atoms with E-state index in [0.29, 0.717) is 5.01 Å². The Balaban J connectivity index is 2.03. The van der Waals surface area contributed by atoms with E-state index in [9.17, 15) is 22.8 Å². The third-order valence-corrected chi connectivity index (χ3v) is 5.01. The highest BCUT2D eigenvalue weighted by atomic mass is 35.5. The molecule has 174 valence electrons. The zero-order chi connectivity index (χ0) is 24.6. The third kappa shape index (κ3) is 4.83. The molecule has 12 heteroatoms. The normalized spacial score (nSPS) is 11.9. The largest absolute Gasteiger partial charge is 0.479 e. The van der Waals surface area contributed by atoms with E-state index in [2.05, 4.69) is 10.2 Å². The van der Waals surface area contributed by atoms with Gasteiger partial charge in [0.1, 0.15) is 5.75 Å². The van der Waals surface area contributed by atoms with E-state index >= 15 is 0 Å². The Morgan fingerprint density at radius 3 is 2.48 bits per heavy atom. The molecule has 0 fully saturated rings. The molecule has 8 nitrogen and oxygen atoms in total. The molecule has 2 aromatic carbocycles. The number of alkyl halides is 3. The number of carbonyl (C=O) groups is 2. The number of hydrogen-bond acceptors (Lipinski definition) is 6. The number of ether oxygens (including phenoxy) is 1. The summed E-state index contributed by atoms with van der Waals surface area (Å²) in [6, 6.07) is 9.17. The van der Waals surface area contributed by atoms with E-state index in [1.54, 1.807) is 13.8 Å². The highest BCUT2D eigenvalue weighted by molar-refractivity contribution is 6.31. The molecule has 1 heterocycles. The molecule has 2 N–H and O–H groups in total. The van der Waals surface area contributed by atoms with Crippen LogP contribution in [-0.4, -0.2) is 32.1 Å². The van der Waals surface area contributed by atoms with Crippen molar-refractivity contribution in [2.24, 2.45) is 12.9 Å². The molecule has 0 spiro atoms. The minimum Gasteiger partial charge on any atom is -0.479 e. The maximum Gasteiger partial charge on any atom is 0.417 e. The summed E-state index contributed by atoms with van der Waals surface area (Å²) >= 11 is 5.97. The van der Waals surface area contributed by atoms with Crippen LogP contribution in [-0.2, 0) is 23.6 Å². The van der Waals surface area contributed by atoms with Crippen molar-refractivity contribution in [1.82, 2.24) is 19.8 Å². The van der Waals surface area contributed by atoms with Crippen LogP contribution in [0.5, 0.6) is 5.75 Å². The Kier molecular flexibility index (Phi) is 6.48. The van der Waals surface area contributed by atoms with Crippen LogP contribution < -0.4 is 10.6 Å². The lowest BCUT2D eigenvalue weighted by atomic mass is 10.1. The number of nitrogens with zero attached hydrogens (tertiary/aromatic N) is 4. The standard InChI is InChI=1S/C21H19ClF3N5O3/c1-20(2,33-16-9-8-12(22)10-14(16)18(32)30(26)11-31)19-28-27-17(29(19)3)13-6-4-5-7-15(13)21(23,24)25/h4-11H,26H2,1-3H3. The van der Waals surface area contributed by atoms with Crippen molar-refractivity contribution in [2.75, 3.05) is 0 Å². The summed E-state index contributed by atoms with van der Waals surface area (Å²) in [5.41, 5.74) is -2.35. The Hall–Kier alpha value is -3.44. The number of aromatic nitrogens is 3. The van der Waals surface area contributed by atoms with Crippen molar-refractivity contribution < 1.29 is 27.5 Å². The summed E-state index contributed by atoms with van der Waals surface area (Å²) in [7, 11) is 1.50. The van der Waals surface area contributed by atoms with E-state index in [4.69, 9.17) is 22.2 Å². The van der Waals surface area contributed by atoms with Gasteiger partial charge in [0.2, 0.25) is 6.41 Å². The number of imide groups is 1. The van der Waals surface area contributed by atoms with Crippen LogP contribution in [0.3, 0.4) is 0 Å². The van der Waals surface area contributed by atoms with Crippen molar-refractivity contribution >= 4 is 23.9 Å². The second-order valence-corrected chi connectivity index (χ2v) is 7.96. The van der Waals surface area contributed by atoms with Crippen molar-refractivity contribution in [3.63, 3.8) is 0 Å². The molecule has 0 saturated carbocycles. The van der Waals surface area contributed by atoms with E-state index in [-0.39, 0.29) is 40.0 Å². The molecule has 0 unspecified atom stereocenters. The summed E-state index contributed by atoms with van der Waals surface area (Å²) in [5, 5.41) is 8.53. The van der Waals surface area contributed by atoms with Gasteiger partial charge in [0.15, 0.2) is 17.2 Å². The maximum atomic E-state index is 13.5. The molecule has 0 saturated heterocycles. The zero-order valence-electron chi connectivity index (χ0n) is 17.7. The number of carbonyl (C=O) groups excluding carboxylic acids is 2. The molecule has 33 heavy (non-hydrogen) atoms. The van der Waals surface area contributed by atoms with Crippen LogP contribution in [0.25, 0.3) is 11.4 Å². The van der Waals surface area contributed by atoms with Crippen LogP contribution >= 0.6 is 11.6 Å². The second kappa shape index (κ2) is 8.83. The van der Waals surface area contributed by atoms with Crippen LogP contribution in [0.4, 0.5) is 13.2 Å². The summed E-state index contributed by atoms with van der Waals surface area (Å²) in [5.74, 6) is 4.72. The van der Waals surface area contributed by atoms with E-state index < -0.39 is 23.2 Å². The van der Waals surface area contributed by atoms with Crippen molar-refractivity contribution in [2.45, 2.75) is 25.6 Å². The van der Waals surface area contributed by atoms with Crippen LogP contribution in [0.15, 0.2) is 42.5 Å². The van der Waals surface area contributed by atoms with Gasteiger partial charge in [-0.15, -0.1) is 10.2 Å². The summed E-state index contributed by atoms with van der Waals surface area (Å²) < 4.78 is 47.8. The molecule has 0 bridgehead atoms. The van der Waals surface area contributed by atoms with Gasteiger partial charge in [-0.25, -0.2) is 10.9 Å². The average molecular weight is 482 g/mol. The molecule has 0 aliphatic carbocycles. The minimum absolute atomic E-state index is 0.0175. The first-order valence-electron chi connectivity index (χ1n) is 9.45. The number of amides is 2. The van der Waals surface area contributed by atoms with Gasteiger partial charge in [0.05, 0.1) is 11.1 Å². The number of benzene rings is 2. The van der Waals surface area contributed by atoms with Gasteiger partial charge in [-0.3, -0.25) is 9.59 Å². The predicted octanol–water partition coefficient (Wildman–Crippen LogP) is 3.94. The molecule has 3 rings (SSSR count). The SMILES string of the molecule is Cn1c(-c2ccccc2C(F)(F)F)nnc1C(C)(C)Oc1ccc(Cl)cc1C(=O)N(N)C=O. The lowest BCUT2D eigenvalue weighted by Gasteiger charge is -2.27. The third-order valence-electron chi connectivity index (χ3n) is 4.77. The number of hydrazine groups is 1. The fourth-order valence-electron chi connectivity index (χ4n) is 3.28. The lowest BCUT2D eigenvalue weighted by molar-refractivity contribution is -0.137. The molecule has 1 aromatic heterocycles. The highest BCUT2D eigenvalue weighted by Gasteiger charge is 2.36. The Morgan fingerprint density at radius 2 is 1.85 bits per heavy atom. The number of rotatable bonds is 6. The maximum absolute atomic E-state index is 13.5. The molecular weight excluding hydrogens is 463 g/mol. The molecule has 3 aromatic rings.